The number of hydrogen-bond acceptors (Lipinski definition) is 3. The number of methoxy groups -OCH3 is 1. The van der Waals surface area contributed by atoms with Gasteiger partial charge in [0.15, 0.2) is 0 Å². The fourth-order valence-corrected chi connectivity index (χ4v) is 4.47. The summed E-state index contributed by atoms with van der Waals surface area (Å²) in [5.41, 5.74) is 1.73. The van der Waals surface area contributed by atoms with Crippen molar-refractivity contribution in [3.63, 3.8) is 0 Å². The normalized spacial score (nSPS) is 37.4. The summed E-state index contributed by atoms with van der Waals surface area (Å²) < 4.78 is 18.9. The molecule has 3 fully saturated rings. The topological polar surface area (TPSA) is 45.5 Å². The smallest absolute Gasteiger partial charge is 0.122 e. The Labute approximate surface area is 140 Å². The number of nitrogens with zero attached hydrogens (tertiary/aromatic N) is 1. The summed E-state index contributed by atoms with van der Waals surface area (Å²) in [6.45, 7) is -0.376. The van der Waals surface area contributed by atoms with E-state index in [1.54, 1.807) is 7.11 Å². The van der Waals surface area contributed by atoms with Crippen molar-refractivity contribution in [3.8, 4) is 11.8 Å². The molecular weight excluding hydrogens is 286 g/mol. The van der Waals surface area contributed by atoms with E-state index < -0.39 is 5.41 Å². The Morgan fingerprint density at radius 2 is 1.96 bits per heavy atom. The van der Waals surface area contributed by atoms with Crippen LogP contribution in [0, 0.1) is 11.3 Å². The van der Waals surface area contributed by atoms with Gasteiger partial charge in [0.1, 0.15) is 5.75 Å². The number of nitriles is 1. The van der Waals surface area contributed by atoms with E-state index in [2.05, 4.69) is 18.2 Å². The summed E-state index contributed by atoms with van der Waals surface area (Å²) in [6.07, 6.45) is 8.22. The minimum absolute atomic E-state index is 0.249. The van der Waals surface area contributed by atoms with Crippen LogP contribution in [0.4, 0.5) is 0 Å². The van der Waals surface area contributed by atoms with E-state index >= 15 is 0 Å². The minimum Gasteiger partial charge on any atom is -0.496 e. The van der Waals surface area contributed by atoms with Crippen molar-refractivity contribution in [2.45, 2.75) is 68.3 Å². The van der Waals surface area contributed by atoms with Gasteiger partial charge in [0, 0.05) is 0 Å². The Balaban J connectivity index is 1.65. The average molecular weight is 313 g/mol. The van der Waals surface area contributed by atoms with E-state index in [9.17, 15) is 5.26 Å². The zero-order valence-electron chi connectivity index (χ0n) is 14.8. The Morgan fingerprint density at radius 3 is 2.52 bits per heavy atom. The lowest BCUT2D eigenvalue weighted by molar-refractivity contribution is 0.200. The van der Waals surface area contributed by atoms with Crippen molar-refractivity contribution in [2.75, 3.05) is 13.7 Å². The standard InChI is InChI=1S/C20H25NO2/c1-22-18-7-6-16(12-17(18)15-4-2-3-5-15)19(13-21)8-10-20(11-9-19)14-23-20/h6-7,12,15H,2-5,8-11,14H2,1H3/i14T. The molecule has 1 saturated heterocycles. The Morgan fingerprint density at radius 1 is 1.26 bits per heavy atom. The van der Waals surface area contributed by atoms with Crippen molar-refractivity contribution >= 4 is 0 Å². The van der Waals surface area contributed by atoms with Gasteiger partial charge in [0.05, 0.1) is 32.1 Å². The van der Waals surface area contributed by atoms with Crippen LogP contribution in [0.3, 0.4) is 0 Å². The molecule has 0 amide bonds. The minimum atomic E-state index is -0.434. The second-order valence-electron chi connectivity index (χ2n) is 7.43. The lowest BCUT2D eigenvalue weighted by atomic mass is 9.67. The highest BCUT2D eigenvalue weighted by Gasteiger charge is 2.52. The van der Waals surface area contributed by atoms with Gasteiger partial charge in [-0.15, -0.1) is 0 Å². The molecule has 3 heteroatoms. The lowest BCUT2D eigenvalue weighted by Gasteiger charge is -2.34. The van der Waals surface area contributed by atoms with E-state index in [1.807, 2.05) is 6.07 Å². The maximum atomic E-state index is 9.97. The number of ether oxygens (including phenoxy) is 2. The van der Waals surface area contributed by atoms with Gasteiger partial charge in [0.25, 0.3) is 0 Å². The van der Waals surface area contributed by atoms with Gasteiger partial charge in [-0.25, -0.2) is 0 Å². The summed E-state index contributed by atoms with van der Waals surface area (Å²) in [7, 11) is 1.73. The van der Waals surface area contributed by atoms with Crippen molar-refractivity contribution in [2.24, 2.45) is 0 Å². The molecule has 122 valence electrons. The molecule has 0 radical (unpaired) electrons. The monoisotopic (exact) mass is 313 g/mol. The largest absolute Gasteiger partial charge is 0.496 e. The van der Waals surface area contributed by atoms with E-state index in [0.717, 1.165) is 37.0 Å². The Bertz CT molecular complexity index is 667. The summed E-state index contributed by atoms with van der Waals surface area (Å²) >= 11 is 0. The molecule has 3 nitrogen and oxygen atoms in total. The molecule has 2 aliphatic carbocycles. The van der Waals surface area contributed by atoms with Crippen molar-refractivity contribution in [3.05, 3.63) is 29.3 Å². The summed E-state index contributed by atoms with van der Waals surface area (Å²) in [5.74, 6) is 1.53. The molecule has 0 bridgehead atoms. The van der Waals surface area contributed by atoms with Crippen molar-refractivity contribution < 1.29 is 10.8 Å². The van der Waals surface area contributed by atoms with Crippen molar-refractivity contribution in [1.29, 1.82) is 5.26 Å². The summed E-state index contributed by atoms with van der Waals surface area (Å²) in [4.78, 5) is 0. The third-order valence-corrected chi connectivity index (χ3v) is 6.19. The molecule has 4 rings (SSSR count). The van der Waals surface area contributed by atoms with Gasteiger partial charge in [-0.1, -0.05) is 25.0 Å². The second-order valence-corrected chi connectivity index (χ2v) is 7.43. The Kier molecular flexibility index (Phi) is 3.33. The van der Waals surface area contributed by atoms with Crippen LogP contribution < -0.4 is 4.74 Å². The highest BCUT2D eigenvalue weighted by Crippen LogP contribution is 2.50. The molecule has 1 spiro atoms. The van der Waals surface area contributed by atoms with Gasteiger partial charge >= 0.3 is 0 Å². The maximum absolute atomic E-state index is 9.97. The van der Waals surface area contributed by atoms with Crippen molar-refractivity contribution in [1.82, 2.24) is 0 Å². The molecule has 1 aromatic carbocycles. The van der Waals surface area contributed by atoms with Crippen LogP contribution >= 0.6 is 0 Å². The second kappa shape index (κ2) is 5.53. The molecular formula is C20H25NO2. The van der Waals surface area contributed by atoms with E-state index in [-0.39, 0.29) is 12.2 Å². The van der Waals surface area contributed by atoms with E-state index in [0.29, 0.717) is 5.92 Å². The van der Waals surface area contributed by atoms with Gasteiger partial charge < -0.3 is 9.47 Å². The lowest BCUT2D eigenvalue weighted by Crippen LogP contribution is -2.34. The number of rotatable bonds is 3. The third-order valence-electron chi connectivity index (χ3n) is 6.19. The van der Waals surface area contributed by atoms with Gasteiger partial charge in [-0.3, -0.25) is 0 Å². The number of hydrogen-bond donors (Lipinski definition) is 0. The molecule has 23 heavy (non-hydrogen) atoms. The molecule has 2 saturated carbocycles. The number of benzene rings is 1. The molecule has 1 aromatic rings. The fraction of sp³-hybridized carbons (Fsp3) is 0.650. The van der Waals surface area contributed by atoms with Crippen LogP contribution in [0.25, 0.3) is 0 Å². The van der Waals surface area contributed by atoms with Crippen LogP contribution in [-0.2, 0) is 10.2 Å². The molecule has 3 aliphatic rings. The molecule has 0 N–H and O–H groups in total. The summed E-state index contributed by atoms with van der Waals surface area (Å²) in [6, 6.07) is 8.97. The fourth-order valence-electron chi connectivity index (χ4n) is 4.47. The quantitative estimate of drug-likeness (QED) is 0.774. The molecule has 1 unspecified atom stereocenters. The van der Waals surface area contributed by atoms with Crippen LogP contribution in [0.15, 0.2) is 18.2 Å². The van der Waals surface area contributed by atoms with Crippen LogP contribution in [0.1, 0.15) is 69.8 Å². The van der Waals surface area contributed by atoms with Gasteiger partial charge in [-0.2, -0.15) is 5.26 Å². The van der Waals surface area contributed by atoms with Gasteiger partial charge in [-0.05, 0) is 61.6 Å². The highest BCUT2D eigenvalue weighted by molar-refractivity contribution is 5.45. The van der Waals surface area contributed by atoms with Crippen LogP contribution in [0.5, 0.6) is 5.75 Å². The molecule has 1 heterocycles. The predicted molar refractivity (Wildman–Crippen MR) is 88.6 cm³/mol. The third kappa shape index (κ3) is 2.54. The average Bonchev–Trinajstić information content (AvgIpc) is 3.04. The van der Waals surface area contributed by atoms with Crippen LogP contribution in [-0.4, -0.2) is 19.3 Å². The molecule has 0 aromatic heterocycles. The SMILES string of the molecule is [3H]C1OC12CCC(C#N)(c1ccc(OC)c(C3CCCC3)c1)CC2. The zero-order valence-corrected chi connectivity index (χ0v) is 13.8. The van der Waals surface area contributed by atoms with E-state index in [4.69, 9.17) is 10.8 Å². The summed E-state index contributed by atoms with van der Waals surface area (Å²) in [5, 5.41) is 9.97. The number of epoxide rings is 1. The van der Waals surface area contributed by atoms with Gasteiger partial charge in [0.2, 0.25) is 0 Å². The first-order valence-corrected chi connectivity index (χ1v) is 8.82. The maximum Gasteiger partial charge on any atom is 0.122 e. The first-order chi connectivity index (χ1) is 11.6. The zero-order chi connectivity index (χ0) is 16.8. The van der Waals surface area contributed by atoms with E-state index in [1.165, 1.54) is 31.2 Å². The Hall–Kier alpha value is -1.53. The molecule has 1 aliphatic heterocycles. The highest BCUT2D eigenvalue weighted by atomic mass is 16.6. The van der Waals surface area contributed by atoms with Crippen LogP contribution in [0.2, 0.25) is 0 Å². The molecule has 1 atom stereocenters. The predicted octanol–water partition coefficient (Wildman–Crippen LogP) is 4.46. The first-order valence-electron chi connectivity index (χ1n) is 9.40. The first kappa shape index (κ1) is 13.9.